The van der Waals surface area contributed by atoms with Crippen molar-refractivity contribution >= 4 is 21.9 Å². The summed E-state index contributed by atoms with van der Waals surface area (Å²) in [5, 5.41) is 9.93. The number of carboxylic acids is 1. The van der Waals surface area contributed by atoms with E-state index in [1.54, 1.807) is 12.1 Å². The van der Waals surface area contributed by atoms with Gasteiger partial charge in [0.1, 0.15) is 0 Å². The Morgan fingerprint density at radius 2 is 1.42 bits per heavy atom. The van der Waals surface area contributed by atoms with Gasteiger partial charge in [-0.1, -0.05) is 60.2 Å². The summed E-state index contributed by atoms with van der Waals surface area (Å²) in [7, 11) is 0. The monoisotopic (exact) mass is 326 g/mol. The summed E-state index contributed by atoms with van der Waals surface area (Å²) in [5.74, 6) is -0.852. The zero-order valence-electron chi connectivity index (χ0n) is 11.4. The molecule has 2 nitrogen and oxygen atoms in total. The second kappa shape index (κ2) is 10.0. The molecule has 0 radical (unpaired) electrons. The summed E-state index contributed by atoms with van der Waals surface area (Å²) in [4.78, 5) is 10.7. The Hall–Kier alpha value is -0.830. The largest absolute Gasteiger partial charge is 0.478 e. The molecule has 0 aliphatic carbocycles. The van der Waals surface area contributed by atoms with E-state index in [1.165, 1.54) is 50.5 Å². The number of halogens is 1. The van der Waals surface area contributed by atoms with Gasteiger partial charge in [-0.3, -0.25) is 0 Å². The minimum Gasteiger partial charge on any atom is -0.478 e. The number of alkyl halides is 1. The Morgan fingerprint density at radius 3 is 1.95 bits per heavy atom. The van der Waals surface area contributed by atoms with Gasteiger partial charge in [0.15, 0.2) is 0 Å². The number of benzene rings is 1. The molecule has 0 heterocycles. The number of aromatic carboxylic acids is 1. The highest BCUT2D eigenvalue weighted by Gasteiger charge is 2.01. The number of carbonyl (C=O) groups is 1. The SMILES string of the molecule is O=C(O)c1ccc(CCCCCCCCCBr)cc1. The molecule has 0 aliphatic rings. The zero-order valence-corrected chi connectivity index (χ0v) is 13.0. The normalized spacial score (nSPS) is 10.6. The van der Waals surface area contributed by atoms with E-state index in [2.05, 4.69) is 15.9 Å². The van der Waals surface area contributed by atoms with Crippen LogP contribution in [0.1, 0.15) is 60.9 Å². The first-order valence-corrected chi connectivity index (χ1v) is 8.24. The van der Waals surface area contributed by atoms with Gasteiger partial charge in [0.25, 0.3) is 0 Å². The molecule has 0 saturated heterocycles. The van der Waals surface area contributed by atoms with Gasteiger partial charge < -0.3 is 5.11 Å². The van der Waals surface area contributed by atoms with Crippen LogP contribution in [0.15, 0.2) is 24.3 Å². The van der Waals surface area contributed by atoms with E-state index in [9.17, 15) is 4.79 Å². The third kappa shape index (κ3) is 7.36. The first-order valence-electron chi connectivity index (χ1n) is 7.12. The van der Waals surface area contributed by atoms with Crippen molar-refractivity contribution in [2.45, 2.75) is 51.4 Å². The summed E-state index contributed by atoms with van der Waals surface area (Å²) in [5.41, 5.74) is 1.61. The Balaban J connectivity index is 2.07. The molecule has 19 heavy (non-hydrogen) atoms. The van der Waals surface area contributed by atoms with Crippen LogP contribution in [0.5, 0.6) is 0 Å². The number of rotatable bonds is 10. The summed E-state index contributed by atoms with van der Waals surface area (Å²) in [6.45, 7) is 0. The molecule has 0 aliphatic heterocycles. The van der Waals surface area contributed by atoms with Crippen molar-refractivity contribution in [1.29, 1.82) is 0 Å². The molecule has 106 valence electrons. The van der Waals surface area contributed by atoms with Gasteiger partial charge in [-0.25, -0.2) is 4.79 Å². The number of aryl methyl sites for hydroxylation is 1. The molecular weight excluding hydrogens is 304 g/mol. The standard InChI is InChI=1S/C16H23BrO2/c17-13-7-5-3-1-2-4-6-8-14-9-11-15(12-10-14)16(18)19/h9-12H,1-8,13H2,(H,18,19). The van der Waals surface area contributed by atoms with Crippen molar-refractivity contribution in [1.82, 2.24) is 0 Å². The highest BCUT2D eigenvalue weighted by molar-refractivity contribution is 9.09. The number of hydrogen-bond donors (Lipinski definition) is 1. The first-order chi connectivity index (χ1) is 9.24. The van der Waals surface area contributed by atoms with Crippen LogP contribution in [-0.2, 0) is 6.42 Å². The average molecular weight is 327 g/mol. The van der Waals surface area contributed by atoms with Gasteiger partial charge in [0.05, 0.1) is 5.56 Å². The Labute approximate surface area is 124 Å². The van der Waals surface area contributed by atoms with Crippen LogP contribution in [0.3, 0.4) is 0 Å². The van der Waals surface area contributed by atoms with E-state index >= 15 is 0 Å². The van der Waals surface area contributed by atoms with Crippen LogP contribution in [0.25, 0.3) is 0 Å². The molecule has 0 saturated carbocycles. The smallest absolute Gasteiger partial charge is 0.335 e. The van der Waals surface area contributed by atoms with E-state index in [0.717, 1.165) is 11.8 Å². The lowest BCUT2D eigenvalue weighted by Gasteiger charge is -2.03. The molecule has 0 fully saturated rings. The lowest BCUT2D eigenvalue weighted by Crippen LogP contribution is -1.96. The molecule has 0 spiro atoms. The minimum atomic E-state index is -0.852. The van der Waals surface area contributed by atoms with Gasteiger partial charge in [-0.15, -0.1) is 0 Å². The third-order valence-corrected chi connectivity index (χ3v) is 3.86. The Bertz CT molecular complexity index is 360. The minimum absolute atomic E-state index is 0.371. The molecular formula is C16H23BrO2. The highest BCUT2D eigenvalue weighted by Crippen LogP contribution is 2.12. The molecule has 0 atom stereocenters. The molecule has 1 aromatic carbocycles. The lowest BCUT2D eigenvalue weighted by molar-refractivity contribution is 0.0697. The molecule has 1 rings (SSSR count). The number of carboxylic acid groups (broad SMARTS) is 1. The maximum atomic E-state index is 10.7. The third-order valence-electron chi connectivity index (χ3n) is 3.30. The summed E-state index contributed by atoms with van der Waals surface area (Å²) in [6, 6.07) is 7.24. The van der Waals surface area contributed by atoms with E-state index in [4.69, 9.17) is 5.11 Å². The van der Waals surface area contributed by atoms with Gasteiger partial charge in [0.2, 0.25) is 0 Å². The van der Waals surface area contributed by atoms with Crippen LogP contribution >= 0.6 is 15.9 Å². The van der Waals surface area contributed by atoms with Gasteiger partial charge in [-0.05, 0) is 37.0 Å². The number of hydrogen-bond acceptors (Lipinski definition) is 1. The average Bonchev–Trinajstić information content (AvgIpc) is 2.42. The van der Waals surface area contributed by atoms with E-state index < -0.39 is 5.97 Å². The summed E-state index contributed by atoms with van der Waals surface area (Å²) in [6.07, 6.45) is 10.2. The summed E-state index contributed by atoms with van der Waals surface area (Å²) >= 11 is 3.45. The Morgan fingerprint density at radius 1 is 0.895 bits per heavy atom. The van der Waals surface area contributed by atoms with Crippen LogP contribution in [0, 0.1) is 0 Å². The highest BCUT2D eigenvalue weighted by atomic mass is 79.9. The fourth-order valence-electron chi connectivity index (χ4n) is 2.12. The lowest BCUT2D eigenvalue weighted by atomic mass is 10.0. The molecule has 0 unspecified atom stereocenters. The van der Waals surface area contributed by atoms with Gasteiger partial charge in [0, 0.05) is 5.33 Å². The molecule has 0 bridgehead atoms. The fourth-order valence-corrected chi connectivity index (χ4v) is 2.52. The summed E-state index contributed by atoms with van der Waals surface area (Å²) < 4.78 is 0. The van der Waals surface area contributed by atoms with Crippen LogP contribution in [0.4, 0.5) is 0 Å². The van der Waals surface area contributed by atoms with Crippen molar-refractivity contribution in [3.63, 3.8) is 0 Å². The van der Waals surface area contributed by atoms with E-state index in [0.29, 0.717) is 5.56 Å². The topological polar surface area (TPSA) is 37.3 Å². The van der Waals surface area contributed by atoms with Gasteiger partial charge >= 0.3 is 5.97 Å². The maximum Gasteiger partial charge on any atom is 0.335 e. The molecule has 0 aromatic heterocycles. The van der Waals surface area contributed by atoms with E-state index in [-0.39, 0.29) is 0 Å². The van der Waals surface area contributed by atoms with Crippen molar-refractivity contribution in [3.05, 3.63) is 35.4 Å². The predicted octanol–water partition coefficient (Wildman–Crippen LogP) is 5.05. The molecule has 1 aromatic rings. The van der Waals surface area contributed by atoms with Crippen LogP contribution in [0.2, 0.25) is 0 Å². The van der Waals surface area contributed by atoms with Crippen molar-refractivity contribution < 1.29 is 9.90 Å². The zero-order chi connectivity index (χ0) is 13.9. The maximum absolute atomic E-state index is 10.7. The van der Waals surface area contributed by atoms with Crippen LogP contribution < -0.4 is 0 Å². The Kier molecular flexibility index (Phi) is 8.55. The first kappa shape index (κ1) is 16.2. The van der Waals surface area contributed by atoms with Crippen molar-refractivity contribution in [2.24, 2.45) is 0 Å². The quantitative estimate of drug-likeness (QED) is 0.482. The second-order valence-electron chi connectivity index (χ2n) is 4.92. The molecule has 1 N–H and O–H groups in total. The van der Waals surface area contributed by atoms with E-state index in [1.807, 2.05) is 12.1 Å². The predicted molar refractivity (Wildman–Crippen MR) is 83.2 cm³/mol. The van der Waals surface area contributed by atoms with Gasteiger partial charge in [-0.2, -0.15) is 0 Å². The molecule has 3 heteroatoms. The fraction of sp³-hybridized carbons (Fsp3) is 0.562. The van der Waals surface area contributed by atoms with Crippen molar-refractivity contribution in [2.75, 3.05) is 5.33 Å². The van der Waals surface area contributed by atoms with Crippen LogP contribution in [-0.4, -0.2) is 16.4 Å². The van der Waals surface area contributed by atoms with Crippen molar-refractivity contribution in [3.8, 4) is 0 Å². The second-order valence-corrected chi connectivity index (χ2v) is 5.71. The number of unbranched alkanes of at least 4 members (excludes halogenated alkanes) is 6. The molecule has 0 amide bonds.